The number of ketones is 1. The van der Waals surface area contributed by atoms with E-state index < -0.39 is 15.9 Å². The van der Waals surface area contributed by atoms with Crippen LogP contribution in [-0.4, -0.2) is 31.7 Å². The first kappa shape index (κ1) is 14.6. The van der Waals surface area contributed by atoms with Crippen molar-refractivity contribution in [2.24, 2.45) is 17.6 Å². The lowest BCUT2D eigenvalue weighted by atomic mass is 9.81. The van der Waals surface area contributed by atoms with E-state index in [0.29, 0.717) is 12.8 Å². The largest absolute Gasteiger partial charge is 0.321 e. The van der Waals surface area contributed by atoms with Gasteiger partial charge in [-0.3, -0.25) is 4.79 Å². The van der Waals surface area contributed by atoms with Gasteiger partial charge in [-0.15, -0.1) is 0 Å². The van der Waals surface area contributed by atoms with Crippen molar-refractivity contribution in [3.05, 3.63) is 0 Å². The number of rotatable bonds is 4. The molecule has 17 heavy (non-hydrogen) atoms. The SMILES string of the molecule is CC(C)C(N)C(=O)C1CCCC(S(C)(=O)=O)C1. The third kappa shape index (κ3) is 3.78. The van der Waals surface area contributed by atoms with Gasteiger partial charge in [-0.25, -0.2) is 8.42 Å². The van der Waals surface area contributed by atoms with Crippen molar-refractivity contribution < 1.29 is 13.2 Å². The molecule has 5 heteroatoms. The van der Waals surface area contributed by atoms with Gasteiger partial charge in [-0.05, 0) is 25.2 Å². The van der Waals surface area contributed by atoms with Crippen molar-refractivity contribution in [2.75, 3.05) is 6.26 Å². The number of nitrogens with two attached hydrogens (primary N) is 1. The highest BCUT2D eigenvalue weighted by atomic mass is 32.2. The summed E-state index contributed by atoms with van der Waals surface area (Å²) in [6, 6.07) is -0.460. The van der Waals surface area contributed by atoms with Gasteiger partial charge in [-0.2, -0.15) is 0 Å². The quantitative estimate of drug-likeness (QED) is 0.823. The highest BCUT2D eigenvalue weighted by Crippen LogP contribution is 2.30. The van der Waals surface area contributed by atoms with Crippen LogP contribution in [0.15, 0.2) is 0 Å². The molecule has 0 radical (unpaired) electrons. The molecule has 0 bridgehead atoms. The fraction of sp³-hybridized carbons (Fsp3) is 0.917. The molecule has 1 aliphatic rings. The summed E-state index contributed by atoms with van der Waals surface area (Å²) in [5.74, 6) is -0.0182. The minimum atomic E-state index is -3.03. The number of carbonyl (C=O) groups is 1. The van der Waals surface area contributed by atoms with Gasteiger partial charge in [-0.1, -0.05) is 20.3 Å². The third-order valence-electron chi connectivity index (χ3n) is 3.68. The molecule has 0 aromatic carbocycles. The maximum absolute atomic E-state index is 12.1. The van der Waals surface area contributed by atoms with Crippen LogP contribution in [0.5, 0.6) is 0 Å². The normalized spacial score (nSPS) is 28.1. The van der Waals surface area contributed by atoms with Crippen LogP contribution in [0.2, 0.25) is 0 Å². The van der Waals surface area contributed by atoms with E-state index in [0.717, 1.165) is 12.8 Å². The molecule has 1 saturated carbocycles. The number of carbonyl (C=O) groups excluding carboxylic acids is 1. The lowest BCUT2D eigenvalue weighted by Gasteiger charge is -2.29. The molecule has 0 amide bonds. The average molecular weight is 261 g/mol. The summed E-state index contributed by atoms with van der Waals surface area (Å²) in [5.41, 5.74) is 5.85. The Balaban J connectivity index is 2.70. The Morgan fingerprint density at radius 2 is 1.88 bits per heavy atom. The molecule has 0 saturated heterocycles. The summed E-state index contributed by atoms with van der Waals surface area (Å²) < 4.78 is 23.0. The Kier molecular flexibility index (Phi) is 4.72. The van der Waals surface area contributed by atoms with Crippen molar-refractivity contribution in [1.82, 2.24) is 0 Å². The molecule has 3 unspecified atom stereocenters. The Hall–Kier alpha value is -0.420. The van der Waals surface area contributed by atoms with Crippen LogP contribution >= 0.6 is 0 Å². The number of sulfone groups is 1. The maximum Gasteiger partial charge on any atom is 0.152 e. The van der Waals surface area contributed by atoms with Gasteiger partial charge < -0.3 is 5.73 Å². The van der Waals surface area contributed by atoms with E-state index >= 15 is 0 Å². The Morgan fingerprint density at radius 3 is 2.35 bits per heavy atom. The minimum absolute atomic E-state index is 0.0355. The second-order valence-corrected chi connectivity index (χ2v) is 7.81. The topological polar surface area (TPSA) is 77.2 Å². The fourth-order valence-electron chi connectivity index (χ4n) is 2.39. The van der Waals surface area contributed by atoms with Gasteiger partial charge in [0.15, 0.2) is 5.78 Å². The standard InChI is InChI=1S/C12H23NO3S/c1-8(2)11(13)12(14)9-5-4-6-10(7-9)17(3,15)16/h8-11H,4-7,13H2,1-3H3. The molecule has 1 fully saturated rings. The molecule has 0 heterocycles. The highest BCUT2D eigenvalue weighted by molar-refractivity contribution is 7.91. The first-order valence-corrected chi connectivity index (χ1v) is 8.17. The zero-order valence-electron chi connectivity index (χ0n) is 10.8. The van der Waals surface area contributed by atoms with Gasteiger partial charge in [0.2, 0.25) is 0 Å². The van der Waals surface area contributed by atoms with Crippen LogP contribution in [0.4, 0.5) is 0 Å². The second-order valence-electron chi connectivity index (χ2n) is 5.49. The van der Waals surface area contributed by atoms with E-state index in [1.54, 1.807) is 0 Å². The average Bonchev–Trinajstić information content (AvgIpc) is 2.26. The Bertz CT molecular complexity index is 375. The molecule has 0 aliphatic heterocycles. The summed E-state index contributed by atoms with van der Waals surface area (Å²) >= 11 is 0. The van der Waals surface area contributed by atoms with Gasteiger partial charge in [0, 0.05) is 12.2 Å². The van der Waals surface area contributed by atoms with E-state index in [1.807, 2.05) is 13.8 Å². The van der Waals surface area contributed by atoms with Crippen molar-refractivity contribution in [3.63, 3.8) is 0 Å². The van der Waals surface area contributed by atoms with Crippen molar-refractivity contribution in [3.8, 4) is 0 Å². The van der Waals surface area contributed by atoms with E-state index in [2.05, 4.69) is 0 Å². The van der Waals surface area contributed by atoms with Crippen LogP contribution < -0.4 is 5.73 Å². The monoisotopic (exact) mass is 261 g/mol. The van der Waals surface area contributed by atoms with Crippen LogP contribution in [0.3, 0.4) is 0 Å². The summed E-state index contributed by atoms with van der Waals surface area (Å²) in [4.78, 5) is 12.1. The number of hydrogen-bond donors (Lipinski definition) is 1. The molecular formula is C12H23NO3S. The van der Waals surface area contributed by atoms with E-state index in [4.69, 9.17) is 5.73 Å². The minimum Gasteiger partial charge on any atom is -0.321 e. The first-order valence-electron chi connectivity index (χ1n) is 6.21. The Labute approximate surface area is 104 Å². The fourth-order valence-corrected chi connectivity index (χ4v) is 3.57. The molecule has 4 nitrogen and oxygen atoms in total. The molecule has 1 aliphatic carbocycles. The summed E-state index contributed by atoms with van der Waals surface area (Å²) in [5, 5.41) is -0.357. The van der Waals surface area contributed by atoms with Crippen LogP contribution in [0, 0.1) is 11.8 Å². The lowest BCUT2D eigenvalue weighted by Crippen LogP contribution is -2.42. The Morgan fingerprint density at radius 1 is 1.29 bits per heavy atom. The van der Waals surface area contributed by atoms with Crippen LogP contribution in [-0.2, 0) is 14.6 Å². The molecular weight excluding hydrogens is 238 g/mol. The predicted molar refractivity (Wildman–Crippen MR) is 68.4 cm³/mol. The molecule has 0 spiro atoms. The summed E-state index contributed by atoms with van der Waals surface area (Å²) in [6.45, 7) is 3.83. The first-order chi connectivity index (χ1) is 7.73. The van der Waals surface area contributed by atoms with E-state index in [1.165, 1.54) is 6.26 Å². The second kappa shape index (κ2) is 5.48. The van der Waals surface area contributed by atoms with Crippen molar-refractivity contribution in [2.45, 2.75) is 50.8 Å². The molecule has 1 rings (SSSR count). The van der Waals surface area contributed by atoms with E-state index in [9.17, 15) is 13.2 Å². The molecule has 100 valence electrons. The number of Topliss-reactive ketones (excluding diaryl/α,β-unsaturated/α-hetero) is 1. The predicted octanol–water partition coefficient (Wildman–Crippen LogP) is 1.14. The summed E-state index contributed by atoms with van der Waals surface area (Å²) in [7, 11) is -3.03. The third-order valence-corrected chi connectivity index (χ3v) is 5.32. The molecule has 3 atom stereocenters. The zero-order chi connectivity index (χ0) is 13.2. The van der Waals surface area contributed by atoms with E-state index in [-0.39, 0.29) is 22.9 Å². The van der Waals surface area contributed by atoms with Crippen LogP contribution in [0.1, 0.15) is 39.5 Å². The van der Waals surface area contributed by atoms with Gasteiger partial charge >= 0.3 is 0 Å². The van der Waals surface area contributed by atoms with Gasteiger partial charge in [0.1, 0.15) is 9.84 Å². The number of hydrogen-bond acceptors (Lipinski definition) is 4. The molecule has 0 aromatic rings. The van der Waals surface area contributed by atoms with Crippen molar-refractivity contribution in [1.29, 1.82) is 0 Å². The maximum atomic E-state index is 12.1. The van der Waals surface area contributed by atoms with Gasteiger partial charge in [0.25, 0.3) is 0 Å². The highest BCUT2D eigenvalue weighted by Gasteiger charge is 2.34. The lowest BCUT2D eigenvalue weighted by molar-refractivity contribution is -0.125. The van der Waals surface area contributed by atoms with Crippen molar-refractivity contribution >= 4 is 15.6 Å². The molecule has 0 aromatic heterocycles. The van der Waals surface area contributed by atoms with Gasteiger partial charge in [0.05, 0.1) is 11.3 Å². The zero-order valence-corrected chi connectivity index (χ0v) is 11.7. The van der Waals surface area contributed by atoms with Crippen LogP contribution in [0.25, 0.3) is 0 Å². The smallest absolute Gasteiger partial charge is 0.152 e. The summed E-state index contributed by atoms with van der Waals surface area (Å²) in [6.07, 6.45) is 3.98. The molecule has 2 N–H and O–H groups in total.